The van der Waals surface area contributed by atoms with Crippen molar-refractivity contribution in [2.75, 3.05) is 0 Å². The number of hydrogen-bond donors (Lipinski definition) is 0. The van der Waals surface area contributed by atoms with Crippen LogP contribution in [-0.2, 0) is 0 Å². The van der Waals surface area contributed by atoms with Gasteiger partial charge in [-0.3, -0.25) is 0 Å². The number of allylic oxidation sites excluding steroid dienone is 4. The van der Waals surface area contributed by atoms with Gasteiger partial charge in [-0.1, -0.05) is 31.4 Å². The first-order chi connectivity index (χ1) is 7.26. The number of nitrogens with zero attached hydrogens (tertiary/aromatic N) is 2. The van der Waals surface area contributed by atoms with E-state index in [0.717, 1.165) is 10.0 Å². The predicted molar refractivity (Wildman–Crippen MR) is 68.6 cm³/mol. The summed E-state index contributed by atoms with van der Waals surface area (Å²) in [6.45, 7) is 7.28. The molecule has 0 N–H and O–H groups in total. The Morgan fingerprint density at radius 3 is 2.73 bits per heavy atom. The minimum Gasteiger partial charge on any atom is -0.237 e. The summed E-state index contributed by atoms with van der Waals surface area (Å²) in [4.78, 5) is 8.31. The number of rotatable bonds is 4. The number of hydrogen-bond acceptors (Lipinski definition) is 2. The molecule has 1 aromatic heterocycles. The highest BCUT2D eigenvalue weighted by atomic mass is 79.9. The third-order valence-electron chi connectivity index (χ3n) is 1.60. The van der Waals surface area contributed by atoms with Crippen molar-refractivity contribution in [1.82, 2.24) is 4.98 Å². The van der Waals surface area contributed by atoms with Crippen LogP contribution < -0.4 is 0 Å². The summed E-state index contributed by atoms with van der Waals surface area (Å²) in [5.74, 6) is 0.662. The van der Waals surface area contributed by atoms with E-state index in [1.54, 1.807) is 24.6 Å². The zero-order valence-electron chi connectivity index (χ0n) is 8.23. The normalized spacial score (nSPS) is 11.7. The van der Waals surface area contributed by atoms with Crippen LogP contribution in [0.25, 0.3) is 0 Å². The van der Waals surface area contributed by atoms with Gasteiger partial charge >= 0.3 is 0 Å². The van der Waals surface area contributed by atoms with Gasteiger partial charge in [-0.05, 0) is 33.6 Å². The molecule has 0 saturated carbocycles. The highest BCUT2D eigenvalue weighted by Crippen LogP contribution is 2.12. The van der Waals surface area contributed by atoms with Crippen molar-refractivity contribution >= 4 is 28.0 Å². The predicted octanol–water partition coefficient (Wildman–Crippen LogP) is 3.84. The molecule has 1 aromatic rings. The first-order valence-electron chi connectivity index (χ1n) is 4.37. The molecule has 76 valence electrons. The van der Waals surface area contributed by atoms with Gasteiger partial charge in [0.15, 0.2) is 5.82 Å². The third kappa shape index (κ3) is 4.04. The average molecular weight is 263 g/mol. The maximum Gasteiger partial charge on any atom is 0.151 e. The van der Waals surface area contributed by atoms with Crippen molar-refractivity contribution in [2.24, 2.45) is 4.99 Å². The van der Waals surface area contributed by atoms with Gasteiger partial charge in [-0.25, -0.2) is 9.98 Å². The fourth-order valence-corrected chi connectivity index (χ4v) is 1.12. The number of aromatic nitrogens is 1. The standard InChI is InChI=1S/C12H11BrN2/c1-3-5-10(4-2)8-14-12-7-6-11(13)9-15-12/h3-9H,1-2H2/b10-5+,14-8?. The van der Waals surface area contributed by atoms with Gasteiger partial charge in [0.2, 0.25) is 0 Å². The van der Waals surface area contributed by atoms with E-state index in [9.17, 15) is 0 Å². The largest absolute Gasteiger partial charge is 0.237 e. The maximum absolute atomic E-state index is 4.19. The lowest BCUT2D eigenvalue weighted by atomic mass is 10.2. The molecule has 0 spiro atoms. The Morgan fingerprint density at radius 1 is 1.40 bits per heavy atom. The van der Waals surface area contributed by atoms with E-state index in [2.05, 4.69) is 39.1 Å². The van der Waals surface area contributed by atoms with Crippen LogP contribution in [0, 0.1) is 0 Å². The summed E-state index contributed by atoms with van der Waals surface area (Å²) in [6, 6.07) is 3.72. The lowest BCUT2D eigenvalue weighted by molar-refractivity contribution is 1.26. The van der Waals surface area contributed by atoms with E-state index in [-0.39, 0.29) is 0 Å². The van der Waals surface area contributed by atoms with Crippen LogP contribution in [0.3, 0.4) is 0 Å². The van der Waals surface area contributed by atoms with Crippen molar-refractivity contribution in [3.05, 3.63) is 59.8 Å². The molecule has 2 nitrogen and oxygen atoms in total. The molecule has 0 bridgehead atoms. The van der Waals surface area contributed by atoms with Crippen molar-refractivity contribution in [2.45, 2.75) is 0 Å². The van der Waals surface area contributed by atoms with Crippen LogP contribution in [0.5, 0.6) is 0 Å². The van der Waals surface area contributed by atoms with E-state index >= 15 is 0 Å². The monoisotopic (exact) mass is 262 g/mol. The van der Waals surface area contributed by atoms with Crippen LogP contribution in [0.4, 0.5) is 5.82 Å². The maximum atomic E-state index is 4.19. The SMILES string of the molecule is C=C/C=C(\C=C)C=Nc1ccc(Br)cn1. The third-order valence-corrected chi connectivity index (χ3v) is 2.07. The van der Waals surface area contributed by atoms with Gasteiger partial charge in [-0.15, -0.1) is 0 Å². The lowest BCUT2D eigenvalue weighted by Crippen LogP contribution is -1.79. The number of aliphatic imine (C=N–C) groups is 1. The Balaban J connectivity index is 2.80. The molecule has 1 heterocycles. The molecule has 0 aliphatic rings. The molecule has 0 aliphatic carbocycles. The molecule has 0 saturated heterocycles. The molecular weight excluding hydrogens is 252 g/mol. The van der Waals surface area contributed by atoms with Crippen LogP contribution in [-0.4, -0.2) is 11.2 Å². The van der Waals surface area contributed by atoms with E-state index in [1.165, 1.54) is 0 Å². The molecule has 3 heteroatoms. The van der Waals surface area contributed by atoms with Crippen LogP contribution in [0.15, 0.2) is 64.8 Å². The van der Waals surface area contributed by atoms with E-state index < -0.39 is 0 Å². The fraction of sp³-hybridized carbons (Fsp3) is 0. The average Bonchev–Trinajstić information content (AvgIpc) is 2.26. The zero-order chi connectivity index (χ0) is 11.1. The van der Waals surface area contributed by atoms with E-state index in [1.807, 2.05) is 18.2 Å². The number of halogens is 1. The molecule has 0 radical (unpaired) electrons. The summed E-state index contributed by atoms with van der Waals surface area (Å²) in [5.41, 5.74) is 0.898. The highest BCUT2D eigenvalue weighted by molar-refractivity contribution is 9.10. The Bertz CT molecular complexity index is 402. The Kier molecular flexibility index (Phi) is 4.71. The van der Waals surface area contributed by atoms with Gasteiger partial charge in [0, 0.05) is 16.9 Å². The second-order valence-electron chi connectivity index (χ2n) is 2.70. The topological polar surface area (TPSA) is 25.2 Å². The zero-order valence-corrected chi connectivity index (χ0v) is 9.81. The van der Waals surface area contributed by atoms with Crippen molar-refractivity contribution < 1.29 is 0 Å². The quantitative estimate of drug-likeness (QED) is 0.598. The second kappa shape index (κ2) is 6.09. The molecule has 0 amide bonds. The van der Waals surface area contributed by atoms with Gasteiger partial charge < -0.3 is 0 Å². The smallest absolute Gasteiger partial charge is 0.151 e. The van der Waals surface area contributed by atoms with E-state index in [0.29, 0.717) is 5.82 Å². The first kappa shape index (κ1) is 11.6. The highest BCUT2D eigenvalue weighted by Gasteiger charge is 1.90. The summed E-state index contributed by atoms with van der Waals surface area (Å²) in [7, 11) is 0. The number of pyridine rings is 1. The van der Waals surface area contributed by atoms with Gasteiger partial charge in [-0.2, -0.15) is 0 Å². The summed E-state index contributed by atoms with van der Waals surface area (Å²) in [6.07, 6.45) is 8.64. The first-order valence-corrected chi connectivity index (χ1v) is 5.16. The summed E-state index contributed by atoms with van der Waals surface area (Å²) >= 11 is 3.31. The molecule has 15 heavy (non-hydrogen) atoms. The minimum absolute atomic E-state index is 0.662. The Morgan fingerprint density at radius 2 is 2.20 bits per heavy atom. The second-order valence-corrected chi connectivity index (χ2v) is 3.61. The fourth-order valence-electron chi connectivity index (χ4n) is 0.885. The van der Waals surface area contributed by atoms with Crippen LogP contribution in [0.2, 0.25) is 0 Å². The van der Waals surface area contributed by atoms with Crippen LogP contribution >= 0.6 is 15.9 Å². The van der Waals surface area contributed by atoms with Crippen molar-refractivity contribution in [3.63, 3.8) is 0 Å². The Hall–Kier alpha value is -1.48. The molecule has 0 aliphatic heterocycles. The van der Waals surface area contributed by atoms with E-state index in [4.69, 9.17) is 0 Å². The molecule has 0 aromatic carbocycles. The van der Waals surface area contributed by atoms with Gasteiger partial charge in [0.05, 0.1) is 0 Å². The van der Waals surface area contributed by atoms with Crippen molar-refractivity contribution in [3.8, 4) is 0 Å². The summed E-state index contributed by atoms with van der Waals surface area (Å²) in [5, 5.41) is 0. The molecule has 0 unspecified atom stereocenters. The molecule has 1 rings (SSSR count). The summed E-state index contributed by atoms with van der Waals surface area (Å²) < 4.78 is 0.937. The minimum atomic E-state index is 0.662. The lowest BCUT2D eigenvalue weighted by Gasteiger charge is -1.93. The molecular formula is C12H11BrN2. The van der Waals surface area contributed by atoms with Gasteiger partial charge in [0.1, 0.15) is 0 Å². The molecule has 0 atom stereocenters. The Labute approximate surface area is 97.9 Å². The van der Waals surface area contributed by atoms with Crippen molar-refractivity contribution in [1.29, 1.82) is 0 Å². The van der Waals surface area contributed by atoms with Crippen LogP contribution in [0.1, 0.15) is 0 Å². The molecule has 0 fully saturated rings. The van der Waals surface area contributed by atoms with Gasteiger partial charge in [0.25, 0.3) is 0 Å².